The van der Waals surface area contributed by atoms with Crippen LogP contribution in [0.4, 0.5) is 0 Å². The van der Waals surface area contributed by atoms with Gasteiger partial charge in [-0.15, -0.1) is 28.1 Å². The number of nitrogens with zero attached hydrogens (tertiary/aromatic N) is 4. The van der Waals surface area contributed by atoms with Crippen LogP contribution >= 0.6 is 22.9 Å². The lowest BCUT2D eigenvalue weighted by Crippen LogP contribution is -2.07. The lowest BCUT2D eigenvalue weighted by molar-refractivity contribution is 0.869. The van der Waals surface area contributed by atoms with Crippen molar-refractivity contribution in [3.05, 3.63) is 75.2 Å². The van der Waals surface area contributed by atoms with E-state index in [4.69, 9.17) is 16.6 Å². The van der Waals surface area contributed by atoms with E-state index in [0.29, 0.717) is 6.54 Å². The quantitative estimate of drug-likeness (QED) is 0.523. The minimum atomic E-state index is 0.526. The highest BCUT2D eigenvalue weighted by Crippen LogP contribution is 2.36. The second-order valence-electron chi connectivity index (χ2n) is 6.04. The summed E-state index contributed by atoms with van der Waals surface area (Å²) in [4.78, 5) is 6.14. The lowest BCUT2D eigenvalue weighted by Gasteiger charge is -2.09. The largest absolute Gasteiger partial charge is 0.276 e. The first-order chi connectivity index (χ1) is 12.5. The average molecular weight is 385 g/mol. The van der Waals surface area contributed by atoms with Crippen LogP contribution in [0, 0.1) is 20.8 Å². The summed E-state index contributed by atoms with van der Waals surface area (Å²) in [6.07, 6.45) is 1.75. The molecular formula is C20H21ClN4S. The van der Waals surface area contributed by atoms with Crippen LogP contribution in [0.15, 0.2) is 41.9 Å². The van der Waals surface area contributed by atoms with Gasteiger partial charge in [0.05, 0.1) is 5.71 Å². The minimum absolute atomic E-state index is 0.526. The SMILES string of the molecule is C=CC.Cc1sc2c(c1C)C(c1ccc(Cl)cc1)=NCc1nnc(C)n1-2. The molecule has 0 fully saturated rings. The molecule has 0 amide bonds. The monoisotopic (exact) mass is 384 g/mol. The lowest BCUT2D eigenvalue weighted by atomic mass is 10.00. The van der Waals surface area contributed by atoms with Crippen LogP contribution < -0.4 is 0 Å². The van der Waals surface area contributed by atoms with E-state index in [1.54, 1.807) is 17.4 Å². The van der Waals surface area contributed by atoms with Gasteiger partial charge in [-0.25, -0.2) is 0 Å². The molecule has 3 aromatic rings. The van der Waals surface area contributed by atoms with Gasteiger partial charge in [0.15, 0.2) is 5.82 Å². The first-order valence-corrected chi connectivity index (χ1v) is 9.56. The molecule has 0 atom stereocenters. The third-order valence-electron chi connectivity index (χ3n) is 4.19. The minimum Gasteiger partial charge on any atom is -0.276 e. The zero-order valence-electron chi connectivity index (χ0n) is 15.4. The molecule has 6 heteroatoms. The normalized spacial score (nSPS) is 12.3. The third kappa shape index (κ3) is 3.24. The number of hydrogen-bond acceptors (Lipinski definition) is 4. The highest BCUT2D eigenvalue weighted by molar-refractivity contribution is 7.15. The number of allylic oxidation sites excluding steroid dienone is 1. The van der Waals surface area contributed by atoms with E-state index < -0.39 is 0 Å². The molecule has 3 heterocycles. The molecule has 0 unspecified atom stereocenters. The summed E-state index contributed by atoms with van der Waals surface area (Å²) >= 11 is 7.80. The Hall–Kier alpha value is -2.24. The molecule has 4 nitrogen and oxygen atoms in total. The Balaban J connectivity index is 0.000000613. The Kier molecular flexibility index (Phi) is 5.39. The van der Waals surface area contributed by atoms with Gasteiger partial charge in [-0.05, 0) is 45.4 Å². The number of halogens is 1. The van der Waals surface area contributed by atoms with Crippen molar-refractivity contribution in [1.82, 2.24) is 14.8 Å². The van der Waals surface area contributed by atoms with E-state index in [1.165, 1.54) is 16.0 Å². The topological polar surface area (TPSA) is 43.1 Å². The summed E-state index contributed by atoms with van der Waals surface area (Å²) in [6.45, 7) is 12.1. The number of benzene rings is 1. The fourth-order valence-corrected chi connectivity index (χ4v) is 4.24. The Morgan fingerprint density at radius 2 is 1.81 bits per heavy atom. The molecule has 4 rings (SSSR count). The van der Waals surface area contributed by atoms with Crippen molar-refractivity contribution in [3.8, 4) is 5.00 Å². The van der Waals surface area contributed by atoms with Crippen LogP contribution in [0.3, 0.4) is 0 Å². The fourth-order valence-electron chi connectivity index (χ4n) is 2.89. The first kappa shape index (κ1) is 18.5. The van der Waals surface area contributed by atoms with Gasteiger partial charge >= 0.3 is 0 Å². The summed E-state index contributed by atoms with van der Waals surface area (Å²) in [6, 6.07) is 7.86. The summed E-state index contributed by atoms with van der Waals surface area (Å²) in [5, 5.41) is 10.4. The number of aliphatic imine (C=N–C) groups is 1. The van der Waals surface area contributed by atoms with Gasteiger partial charge in [0.25, 0.3) is 0 Å². The molecule has 0 saturated heterocycles. The molecule has 2 aromatic heterocycles. The predicted molar refractivity (Wildman–Crippen MR) is 110 cm³/mol. The number of aromatic nitrogens is 3. The van der Waals surface area contributed by atoms with Crippen molar-refractivity contribution >= 4 is 28.6 Å². The molecule has 1 aliphatic heterocycles. The molecule has 0 aliphatic carbocycles. The Morgan fingerprint density at radius 1 is 1.15 bits per heavy atom. The van der Waals surface area contributed by atoms with Gasteiger partial charge in [0.2, 0.25) is 0 Å². The molecule has 0 spiro atoms. The van der Waals surface area contributed by atoms with Gasteiger partial charge in [-0.2, -0.15) is 0 Å². The highest BCUT2D eigenvalue weighted by Gasteiger charge is 2.26. The molecule has 0 radical (unpaired) electrons. The van der Waals surface area contributed by atoms with Crippen molar-refractivity contribution in [2.75, 3.05) is 0 Å². The van der Waals surface area contributed by atoms with Crippen LogP contribution in [0.2, 0.25) is 5.02 Å². The molecule has 0 N–H and O–H groups in total. The molecule has 0 bridgehead atoms. The van der Waals surface area contributed by atoms with Gasteiger partial charge in [-0.3, -0.25) is 9.56 Å². The maximum atomic E-state index is 6.03. The number of fused-ring (bicyclic) bond motifs is 3. The third-order valence-corrected chi connectivity index (χ3v) is 5.64. The summed E-state index contributed by atoms with van der Waals surface area (Å²) in [5.74, 6) is 1.78. The van der Waals surface area contributed by atoms with E-state index in [1.807, 2.05) is 38.1 Å². The van der Waals surface area contributed by atoms with Crippen LogP contribution in [0.5, 0.6) is 0 Å². The van der Waals surface area contributed by atoms with Crippen molar-refractivity contribution in [2.45, 2.75) is 34.2 Å². The molecule has 0 saturated carbocycles. The number of thiophene rings is 1. The molecule has 134 valence electrons. The Labute approximate surface area is 162 Å². The van der Waals surface area contributed by atoms with Crippen molar-refractivity contribution < 1.29 is 0 Å². The summed E-state index contributed by atoms with van der Waals surface area (Å²) < 4.78 is 2.13. The average Bonchev–Trinajstić information content (AvgIpc) is 3.05. The highest BCUT2D eigenvalue weighted by atomic mass is 35.5. The zero-order chi connectivity index (χ0) is 18.8. The molecule has 1 aromatic carbocycles. The number of aryl methyl sites for hydroxylation is 2. The number of rotatable bonds is 1. The second-order valence-corrected chi connectivity index (χ2v) is 7.68. The van der Waals surface area contributed by atoms with Crippen LogP contribution in [-0.4, -0.2) is 20.5 Å². The van der Waals surface area contributed by atoms with E-state index in [2.05, 4.69) is 35.2 Å². The van der Waals surface area contributed by atoms with Crippen LogP contribution in [-0.2, 0) is 6.54 Å². The molecule has 1 aliphatic rings. The molecular weight excluding hydrogens is 364 g/mol. The van der Waals surface area contributed by atoms with E-state index >= 15 is 0 Å². The van der Waals surface area contributed by atoms with Gasteiger partial charge in [0, 0.05) is 21.0 Å². The van der Waals surface area contributed by atoms with Gasteiger partial charge in [0.1, 0.15) is 17.4 Å². The van der Waals surface area contributed by atoms with Crippen LogP contribution in [0.1, 0.15) is 40.1 Å². The smallest absolute Gasteiger partial charge is 0.160 e. The van der Waals surface area contributed by atoms with Crippen LogP contribution in [0.25, 0.3) is 5.00 Å². The van der Waals surface area contributed by atoms with Crippen molar-refractivity contribution in [1.29, 1.82) is 0 Å². The predicted octanol–water partition coefficient (Wildman–Crippen LogP) is 5.45. The Bertz CT molecular complexity index is 980. The number of hydrogen-bond donors (Lipinski definition) is 0. The van der Waals surface area contributed by atoms with E-state index in [9.17, 15) is 0 Å². The maximum absolute atomic E-state index is 6.03. The first-order valence-electron chi connectivity index (χ1n) is 8.37. The second kappa shape index (κ2) is 7.56. The maximum Gasteiger partial charge on any atom is 0.160 e. The zero-order valence-corrected chi connectivity index (χ0v) is 16.9. The summed E-state index contributed by atoms with van der Waals surface area (Å²) in [7, 11) is 0. The van der Waals surface area contributed by atoms with Crippen molar-refractivity contribution in [3.63, 3.8) is 0 Å². The molecule has 26 heavy (non-hydrogen) atoms. The van der Waals surface area contributed by atoms with E-state index in [0.717, 1.165) is 32.9 Å². The standard InChI is InChI=1S/C17H15ClN4S.C3H6/c1-9-10(2)23-17-15(9)16(12-4-6-13(18)7-5-12)19-8-14-21-20-11(3)22(14)17;1-3-2/h4-7H,8H2,1-3H3;3H,1H2,2H3. The fraction of sp³-hybridized carbons (Fsp3) is 0.250. The Morgan fingerprint density at radius 3 is 2.46 bits per heavy atom. The van der Waals surface area contributed by atoms with Gasteiger partial charge < -0.3 is 0 Å². The van der Waals surface area contributed by atoms with E-state index in [-0.39, 0.29) is 0 Å². The summed E-state index contributed by atoms with van der Waals surface area (Å²) in [5.41, 5.74) is 4.52. The van der Waals surface area contributed by atoms with Crippen molar-refractivity contribution in [2.24, 2.45) is 4.99 Å². The van der Waals surface area contributed by atoms with Gasteiger partial charge in [-0.1, -0.05) is 29.8 Å².